The van der Waals surface area contributed by atoms with Crippen molar-refractivity contribution < 1.29 is 14.7 Å². The minimum Gasteiger partial charge on any atom is -0.481 e. The summed E-state index contributed by atoms with van der Waals surface area (Å²) in [5.74, 6) is -1.70. The molecule has 100 valence electrons. The molecular weight excluding hydrogens is 266 g/mol. The van der Waals surface area contributed by atoms with Crippen LogP contribution in [0.5, 0.6) is 0 Å². The largest absolute Gasteiger partial charge is 0.481 e. The van der Waals surface area contributed by atoms with Crippen molar-refractivity contribution in [3.8, 4) is 0 Å². The lowest BCUT2D eigenvalue weighted by Gasteiger charge is -2.28. The molecular formula is C14H14ClNO3. The summed E-state index contributed by atoms with van der Waals surface area (Å²) < 4.78 is 0. The van der Waals surface area contributed by atoms with Crippen molar-refractivity contribution in [2.75, 3.05) is 0 Å². The number of carboxylic acid groups (broad SMARTS) is 1. The average Bonchev–Trinajstić information content (AvgIpc) is 3.13. The minimum atomic E-state index is -0.929. The smallest absolute Gasteiger partial charge is 0.309 e. The zero-order valence-electron chi connectivity index (χ0n) is 10.3. The lowest BCUT2D eigenvalue weighted by molar-refractivity contribution is -0.142. The van der Waals surface area contributed by atoms with Gasteiger partial charge in [0.25, 0.3) is 0 Å². The van der Waals surface area contributed by atoms with Gasteiger partial charge in [0.15, 0.2) is 0 Å². The van der Waals surface area contributed by atoms with Crippen molar-refractivity contribution in [3.05, 3.63) is 34.9 Å². The Hall–Kier alpha value is -1.55. The highest BCUT2D eigenvalue weighted by atomic mass is 35.5. The molecule has 2 aliphatic rings. The molecule has 2 fully saturated rings. The Morgan fingerprint density at radius 3 is 2.58 bits per heavy atom. The van der Waals surface area contributed by atoms with Crippen molar-refractivity contribution >= 4 is 23.5 Å². The van der Waals surface area contributed by atoms with Crippen LogP contribution in [0.1, 0.15) is 30.9 Å². The predicted molar refractivity (Wildman–Crippen MR) is 69.8 cm³/mol. The van der Waals surface area contributed by atoms with E-state index < -0.39 is 17.9 Å². The molecule has 1 aromatic carbocycles. The number of carbonyl (C=O) groups is 2. The first-order valence-corrected chi connectivity index (χ1v) is 6.76. The van der Waals surface area contributed by atoms with Gasteiger partial charge in [-0.3, -0.25) is 9.59 Å². The van der Waals surface area contributed by atoms with E-state index in [0.29, 0.717) is 5.02 Å². The van der Waals surface area contributed by atoms with Gasteiger partial charge in [0, 0.05) is 17.5 Å². The van der Waals surface area contributed by atoms with E-state index in [0.717, 1.165) is 18.4 Å². The maximum absolute atomic E-state index is 12.1. The topological polar surface area (TPSA) is 57.6 Å². The Kier molecular flexibility index (Phi) is 2.97. The van der Waals surface area contributed by atoms with E-state index in [-0.39, 0.29) is 18.4 Å². The molecule has 1 aliphatic heterocycles. The summed E-state index contributed by atoms with van der Waals surface area (Å²) in [4.78, 5) is 25.2. The van der Waals surface area contributed by atoms with Gasteiger partial charge in [0.2, 0.25) is 5.91 Å². The third-order valence-electron chi connectivity index (χ3n) is 3.84. The molecule has 3 rings (SSSR count). The quantitative estimate of drug-likeness (QED) is 0.925. The van der Waals surface area contributed by atoms with Crippen LogP contribution in [0.4, 0.5) is 0 Å². The summed E-state index contributed by atoms with van der Waals surface area (Å²) in [7, 11) is 0. The fourth-order valence-electron chi connectivity index (χ4n) is 2.84. The van der Waals surface area contributed by atoms with Crippen LogP contribution in [0.25, 0.3) is 0 Å². The third kappa shape index (κ3) is 2.10. The molecule has 1 aliphatic carbocycles. The molecule has 1 saturated heterocycles. The van der Waals surface area contributed by atoms with Gasteiger partial charge >= 0.3 is 5.97 Å². The first kappa shape index (κ1) is 12.5. The van der Waals surface area contributed by atoms with E-state index in [1.807, 2.05) is 12.1 Å². The summed E-state index contributed by atoms with van der Waals surface area (Å²) in [6, 6.07) is 6.96. The van der Waals surface area contributed by atoms with E-state index in [9.17, 15) is 14.7 Å². The fourth-order valence-corrected chi connectivity index (χ4v) is 3.09. The summed E-state index contributed by atoms with van der Waals surface area (Å²) in [5, 5.41) is 9.88. The van der Waals surface area contributed by atoms with Crippen molar-refractivity contribution in [3.63, 3.8) is 0 Å². The maximum Gasteiger partial charge on any atom is 0.309 e. The molecule has 1 heterocycles. The van der Waals surface area contributed by atoms with Gasteiger partial charge in [-0.25, -0.2) is 0 Å². The van der Waals surface area contributed by atoms with Gasteiger partial charge in [-0.15, -0.1) is 0 Å². The highest BCUT2D eigenvalue weighted by Crippen LogP contribution is 2.46. The zero-order chi connectivity index (χ0) is 13.6. The number of hydrogen-bond acceptors (Lipinski definition) is 2. The Labute approximate surface area is 116 Å². The Bertz CT molecular complexity index is 541. The molecule has 0 spiro atoms. The summed E-state index contributed by atoms with van der Waals surface area (Å²) >= 11 is 6.18. The molecule has 0 aromatic heterocycles. The monoisotopic (exact) mass is 279 g/mol. The number of rotatable bonds is 3. The van der Waals surface area contributed by atoms with E-state index in [1.165, 1.54) is 0 Å². The number of benzene rings is 1. The van der Waals surface area contributed by atoms with Crippen LogP contribution < -0.4 is 0 Å². The van der Waals surface area contributed by atoms with E-state index in [4.69, 9.17) is 11.6 Å². The van der Waals surface area contributed by atoms with Crippen LogP contribution in [0, 0.1) is 5.92 Å². The van der Waals surface area contributed by atoms with Crippen molar-refractivity contribution in [2.24, 2.45) is 5.92 Å². The number of halogens is 1. The van der Waals surface area contributed by atoms with Crippen molar-refractivity contribution in [1.29, 1.82) is 0 Å². The number of carbonyl (C=O) groups excluding carboxylic acids is 1. The lowest BCUT2D eigenvalue weighted by atomic mass is 9.93. The average molecular weight is 280 g/mol. The van der Waals surface area contributed by atoms with Crippen molar-refractivity contribution in [1.82, 2.24) is 4.90 Å². The van der Waals surface area contributed by atoms with Gasteiger partial charge in [-0.1, -0.05) is 29.8 Å². The first-order valence-electron chi connectivity index (χ1n) is 6.38. The van der Waals surface area contributed by atoms with Crippen LogP contribution in [-0.4, -0.2) is 27.9 Å². The van der Waals surface area contributed by atoms with Gasteiger partial charge in [-0.2, -0.15) is 0 Å². The molecule has 0 bridgehead atoms. The fraction of sp³-hybridized carbons (Fsp3) is 0.429. The van der Waals surface area contributed by atoms with Crippen LogP contribution in [-0.2, 0) is 9.59 Å². The highest BCUT2D eigenvalue weighted by molar-refractivity contribution is 6.31. The van der Waals surface area contributed by atoms with Gasteiger partial charge in [-0.05, 0) is 24.5 Å². The molecule has 1 saturated carbocycles. The number of likely N-dealkylation sites (tertiary alicyclic amines) is 1. The lowest BCUT2D eigenvalue weighted by Crippen LogP contribution is -2.32. The molecule has 4 nitrogen and oxygen atoms in total. The van der Waals surface area contributed by atoms with Gasteiger partial charge in [0.05, 0.1) is 12.0 Å². The molecule has 1 amide bonds. The first-order chi connectivity index (χ1) is 9.09. The zero-order valence-corrected chi connectivity index (χ0v) is 11.0. The number of hydrogen-bond donors (Lipinski definition) is 1. The second kappa shape index (κ2) is 4.53. The van der Waals surface area contributed by atoms with Crippen LogP contribution in [0.15, 0.2) is 24.3 Å². The van der Waals surface area contributed by atoms with Crippen LogP contribution in [0.3, 0.4) is 0 Å². The Morgan fingerprint density at radius 2 is 2.00 bits per heavy atom. The predicted octanol–water partition coefficient (Wildman–Crippen LogP) is 2.48. The molecule has 5 heteroatoms. The Morgan fingerprint density at radius 1 is 1.32 bits per heavy atom. The number of amides is 1. The van der Waals surface area contributed by atoms with Crippen LogP contribution in [0.2, 0.25) is 5.02 Å². The number of nitrogens with zero attached hydrogens (tertiary/aromatic N) is 1. The standard InChI is InChI=1S/C14H14ClNO3/c15-11-4-2-1-3-9(11)13-10(14(18)19)7-12(17)16(13)8-5-6-8/h1-4,8,10,13H,5-7H2,(H,18,19)/t10-,13-/m1/s1. The molecule has 19 heavy (non-hydrogen) atoms. The Balaban J connectivity index is 2.04. The highest BCUT2D eigenvalue weighted by Gasteiger charge is 2.50. The molecule has 0 unspecified atom stereocenters. The number of aliphatic carboxylic acids is 1. The molecule has 0 radical (unpaired) electrons. The molecule has 2 atom stereocenters. The van der Waals surface area contributed by atoms with E-state index in [2.05, 4.69) is 0 Å². The maximum atomic E-state index is 12.1. The van der Waals surface area contributed by atoms with Gasteiger partial charge in [0.1, 0.15) is 0 Å². The number of carboxylic acids is 1. The van der Waals surface area contributed by atoms with E-state index in [1.54, 1.807) is 17.0 Å². The normalized spacial score (nSPS) is 26.8. The van der Waals surface area contributed by atoms with Crippen molar-refractivity contribution in [2.45, 2.75) is 31.3 Å². The molecule has 1 aromatic rings. The van der Waals surface area contributed by atoms with E-state index >= 15 is 0 Å². The van der Waals surface area contributed by atoms with Gasteiger partial charge < -0.3 is 10.0 Å². The second-order valence-electron chi connectivity index (χ2n) is 5.15. The minimum absolute atomic E-state index is 0.0696. The molecule has 1 N–H and O–H groups in total. The van der Waals surface area contributed by atoms with Crippen LogP contribution >= 0.6 is 11.6 Å². The third-order valence-corrected chi connectivity index (χ3v) is 4.19. The summed E-state index contributed by atoms with van der Waals surface area (Å²) in [6.07, 6.45) is 1.99. The SMILES string of the molecule is O=C(O)[C@@H]1CC(=O)N(C2CC2)[C@@H]1c1ccccc1Cl. The summed E-state index contributed by atoms with van der Waals surface area (Å²) in [5.41, 5.74) is 0.745. The summed E-state index contributed by atoms with van der Waals surface area (Å²) in [6.45, 7) is 0. The second-order valence-corrected chi connectivity index (χ2v) is 5.55.